The van der Waals surface area contributed by atoms with Gasteiger partial charge in [0, 0.05) is 63.3 Å². The molecular formula is C36H48BN5O7. The van der Waals surface area contributed by atoms with Crippen molar-refractivity contribution in [2.45, 2.75) is 76.0 Å². The number of urea groups is 1. The van der Waals surface area contributed by atoms with E-state index in [0.29, 0.717) is 57.1 Å². The third-order valence-corrected chi connectivity index (χ3v) is 10.9. The van der Waals surface area contributed by atoms with Crippen LogP contribution in [0.25, 0.3) is 0 Å². The van der Waals surface area contributed by atoms with Crippen molar-refractivity contribution >= 4 is 43.0 Å². The molecule has 0 aromatic heterocycles. The Morgan fingerprint density at radius 2 is 1.55 bits per heavy atom. The molecule has 4 aliphatic rings. The number of carbonyl (C=O) groups is 4. The summed E-state index contributed by atoms with van der Waals surface area (Å²) in [5.41, 5.74) is 3.44. The molecule has 4 heterocycles. The van der Waals surface area contributed by atoms with E-state index in [1.165, 1.54) is 0 Å². The number of amides is 4. The van der Waals surface area contributed by atoms with Crippen molar-refractivity contribution in [2.75, 3.05) is 51.1 Å². The number of nitrogens with one attached hydrogen (secondary N) is 1. The molecular weight excluding hydrogens is 625 g/mol. The summed E-state index contributed by atoms with van der Waals surface area (Å²) in [5.74, 6) is -0.552. The second-order valence-electron chi connectivity index (χ2n) is 14.1. The minimum absolute atomic E-state index is 0.0000161. The average Bonchev–Trinajstić information content (AvgIpc) is 3.27. The highest BCUT2D eigenvalue weighted by Gasteiger charge is 2.37. The summed E-state index contributed by atoms with van der Waals surface area (Å²) < 4.78 is 6.01. The maximum absolute atomic E-state index is 14.0. The lowest BCUT2D eigenvalue weighted by Crippen LogP contribution is -2.53. The van der Waals surface area contributed by atoms with Gasteiger partial charge in [-0.25, -0.2) is 9.59 Å². The molecule has 4 aliphatic heterocycles. The highest BCUT2D eigenvalue weighted by Crippen LogP contribution is 2.28. The van der Waals surface area contributed by atoms with Crippen molar-refractivity contribution in [3.8, 4) is 5.75 Å². The highest BCUT2D eigenvalue weighted by molar-refractivity contribution is 6.34. The maximum atomic E-state index is 14.0. The number of piperidine rings is 3. The number of para-hydroxylation sites is 1. The van der Waals surface area contributed by atoms with Crippen LogP contribution in [0, 0.1) is 5.92 Å². The van der Waals surface area contributed by atoms with E-state index in [4.69, 9.17) is 9.84 Å². The first-order valence-corrected chi connectivity index (χ1v) is 17.8. The average molecular weight is 674 g/mol. The number of ether oxygens (including phenoxy) is 1. The zero-order valence-corrected chi connectivity index (χ0v) is 28.4. The number of carbonyl (C=O) groups excluding carboxylic acids is 3. The summed E-state index contributed by atoms with van der Waals surface area (Å²) in [6, 6.07) is 13.2. The normalized spacial score (nSPS) is 20.7. The molecule has 0 aliphatic carbocycles. The van der Waals surface area contributed by atoms with Crippen LogP contribution in [0.3, 0.4) is 0 Å². The van der Waals surface area contributed by atoms with Crippen molar-refractivity contribution in [3.63, 3.8) is 0 Å². The number of phenols is 1. The molecule has 0 bridgehead atoms. The predicted molar refractivity (Wildman–Crippen MR) is 187 cm³/mol. The first kappa shape index (κ1) is 34.6. The van der Waals surface area contributed by atoms with Crippen molar-refractivity contribution < 1.29 is 34.1 Å². The van der Waals surface area contributed by atoms with Gasteiger partial charge < -0.3 is 39.9 Å². The number of nitrogens with zero attached hydrogens (tertiary/aromatic N) is 4. The van der Waals surface area contributed by atoms with E-state index in [9.17, 15) is 24.3 Å². The number of fused-ring (bicyclic) bond motifs is 1. The second-order valence-corrected chi connectivity index (χ2v) is 14.1. The predicted octanol–water partition coefficient (Wildman–Crippen LogP) is 2.43. The number of likely N-dealkylation sites (tertiary alicyclic amines) is 3. The number of hydrogen-bond donors (Lipinski definition) is 3. The molecule has 13 heteroatoms. The van der Waals surface area contributed by atoms with Gasteiger partial charge in [0.15, 0.2) is 6.10 Å². The Kier molecular flexibility index (Phi) is 11.0. The third kappa shape index (κ3) is 8.49. The van der Waals surface area contributed by atoms with Crippen molar-refractivity contribution in [3.05, 3.63) is 53.6 Å². The molecule has 3 saturated heterocycles. The number of carboxylic acids is 1. The minimum atomic E-state index is -1.01. The number of aliphatic carboxylic acids is 1. The van der Waals surface area contributed by atoms with Crippen LogP contribution in [0.2, 0.25) is 0 Å². The summed E-state index contributed by atoms with van der Waals surface area (Å²) in [7, 11) is 1.80. The molecule has 262 valence electrons. The second kappa shape index (κ2) is 15.5. The fourth-order valence-electron chi connectivity index (χ4n) is 7.96. The Balaban J connectivity index is 1.05. The lowest BCUT2D eigenvalue weighted by Gasteiger charge is -2.42. The molecule has 4 amide bonds. The summed E-state index contributed by atoms with van der Waals surface area (Å²) in [4.78, 5) is 59.5. The van der Waals surface area contributed by atoms with Gasteiger partial charge in [0.05, 0.1) is 0 Å². The summed E-state index contributed by atoms with van der Waals surface area (Å²) in [5, 5.41) is 22.2. The number of benzene rings is 2. The van der Waals surface area contributed by atoms with E-state index in [1.54, 1.807) is 29.8 Å². The Hall–Kier alpha value is -4.26. The third-order valence-electron chi connectivity index (χ3n) is 10.9. The largest absolute Gasteiger partial charge is 0.509 e. The molecule has 0 unspecified atom stereocenters. The molecule has 6 rings (SSSR count). The van der Waals surface area contributed by atoms with Crippen molar-refractivity contribution in [2.24, 2.45) is 5.92 Å². The van der Waals surface area contributed by atoms with Crippen LogP contribution in [0.1, 0.15) is 56.1 Å². The lowest BCUT2D eigenvalue weighted by atomic mass is 9.91. The zero-order chi connectivity index (χ0) is 34.5. The molecule has 49 heavy (non-hydrogen) atoms. The van der Waals surface area contributed by atoms with Gasteiger partial charge in [-0.2, -0.15) is 0 Å². The van der Waals surface area contributed by atoms with Crippen LogP contribution in [0.5, 0.6) is 5.75 Å². The van der Waals surface area contributed by atoms with Crippen LogP contribution < -0.4 is 10.8 Å². The van der Waals surface area contributed by atoms with Gasteiger partial charge in [-0.3, -0.25) is 9.59 Å². The maximum Gasteiger partial charge on any atom is 0.410 e. The number of phenolic OH excluding ortho intramolecular Hbond substituents is 1. The first-order chi connectivity index (χ1) is 23.6. The minimum Gasteiger partial charge on any atom is -0.509 e. The van der Waals surface area contributed by atoms with Gasteiger partial charge in [-0.1, -0.05) is 30.3 Å². The van der Waals surface area contributed by atoms with E-state index < -0.39 is 18.2 Å². The highest BCUT2D eigenvalue weighted by atomic mass is 16.6. The van der Waals surface area contributed by atoms with Gasteiger partial charge in [-0.05, 0) is 92.7 Å². The van der Waals surface area contributed by atoms with Crippen molar-refractivity contribution in [1.82, 2.24) is 19.6 Å². The number of anilines is 1. The fraction of sp³-hybridized carbons (Fsp3) is 0.556. The first-order valence-electron chi connectivity index (χ1n) is 17.8. The molecule has 3 N–H and O–H groups in total. The molecule has 2 aromatic rings. The van der Waals surface area contributed by atoms with Gasteiger partial charge >= 0.3 is 18.1 Å². The van der Waals surface area contributed by atoms with Gasteiger partial charge in [0.1, 0.15) is 13.6 Å². The summed E-state index contributed by atoms with van der Waals surface area (Å²) in [6.07, 6.45) is 4.29. The topological polar surface area (TPSA) is 143 Å². The number of rotatable bonds is 8. The Labute approximate surface area is 288 Å². The lowest BCUT2D eigenvalue weighted by molar-refractivity contribution is -0.142. The molecule has 12 nitrogen and oxygen atoms in total. The standard InChI is InChI=1S/C36H48BN5O7/c37-29-21-25(5-6-31(29)43)22-32(34(46)40-16-10-27(11-17-40)39-14-7-24(8-15-39)23-33(44)45)49-36(48)41-18-12-28(13-19-41)42-20-9-26-3-1-2-4-30(26)38-35(42)47/h1-6,21,24,27-28,32,43H,7-20,22-23,37H2,(H,38,47)(H,44,45)/t32-/m1/s1. The van der Waals surface area contributed by atoms with E-state index >= 15 is 0 Å². The van der Waals surface area contributed by atoms with Crippen molar-refractivity contribution in [1.29, 1.82) is 0 Å². The Morgan fingerprint density at radius 3 is 2.24 bits per heavy atom. The summed E-state index contributed by atoms with van der Waals surface area (Å²) >= 11 is 0. The van der Waals surface area contributed by atoms with E-state index in [0.717, 1.165) is 62.0 Å². The van der Waals surface area contributed by atoms with Crippen LogP contribution in [0.4, 0.5) is 15.3 Å². The van der Waals surface area contributed by atoms with Gasteiger partial charge in [0.25, 0.3) is 5.91 Å². The number of carboxylic acid groups (broad SMARTS) is 1. The molecule has 0 spiro atoms. The quantitative estimate of drug-likeness (QED) is 0.363. The van der Waals surface area contributed by atoms with Gasteiger partial charge in [0.2, 0.25) is 0 Å². The molecule has 3 fully saturated rings. The zero-order valence-electron chi connectivity index (χ0n) is 28.4. The molecule has 0 saturated carbocycles. The molecule has 2 aromatic carbocycles. The summed E-state index contributed by atoms with van der Waals surface area (Å²) in [6.45, 7) is 4.35. The number of hydrogen-bond acceptors (Lipinski definition) is 7. The SMILES string of the molecule is Bc1cc(C[C@@H](OC(=O)N2CCC(N3CCc4ccccc4NC3=O)CC2)C(=O)N2CCC(N3CCC(CC(=O)O)CC3)CC2)ccc1O. The monoisotopic (exact) mass is 673 g/mol. The van der Waals surface area contributed by atoms with Crippen LogP contribution in [0.15, 0.2) is 42.5 Å². The Morgan fingerprint density at radius 1 is 0.878 bits per heavy atom. The van der Waals surface area contributed by atoms with Crippen LogP contribution in [-0.4, -0.2) is 126 Å². The van der Waals surface area contributed by atoms with E-state index in [2.05, 4.69) is 10.2 Å². The number of aromatic hydroxyl groups is 1. The van der Waals surface area contributed by atoms with Gasteiger partial charge in [-0.15, -0.1) is 0 Å². The van der Waals surface area contributed by atoms with E-state index in [-0.39, 0.29) is 42.5 Å². The fourth-order valence-corrected chi connectivity index (χ4v) is 7.96. The van der Waals surface area contributed by atoms with Crippen LogP contribution >= 0.6 is 0 Å². The Bertz CT molecular complexity index is 1520. The van der Waals surface area contributed by atoms with Crippen LogP contribution in [-0.2, 0) is 27.2 Å². The smallest absolute Gasteiger partial charge is 0.410 e. The molecule has 1 atom stereocenters. The van der Waals surface area contributed by atoms with E-state index in [1.807, 2.05) is 35.2 Å². The molecule has 0 radical (unpaired) electrons.